The van der Waals surface area contributed by atoms with Gasteiger partial charge in [-0.2, -0.15) is 0 Å². The molecule has 1 spiro atoms. The Balaban J connectivity index is 2.01. The number of carbonyl (C=O) groups is 1. The SMILES string of the molecule is COC(=O)C(C)CN1CCNCC12CCCCC2. The molecule has 1 aliphatic carbocycles. The van der Waals surface area contributed by atoms with Crippen molar-refractivity contribution in [2.75, 3.05) is 33.3 Å². The maximum atomic E-state index is 11.6. The lowest BCUT2D eigenvalue weighted by Gasteiger charge is -2.50. The van der Waals surface area contributed by atoms with Crippen molar-refractivity contribution in [2.24, 2.45) is 5.92 Å². The molecule has 0 radical (unpaired) electrons. The summed E-state index contributed by atoms with van der Waals surface area (Å²) in [6.07, 6.45) is 6.56. The molecule has 0 aromatic rings. The van der Waals surface area contributed by atoms with Crippen LogP contribution in [0.4, 0.5) is 0 Å². The van der Waals surface area contributed by atoms with Crippen LogP contribution >= 0.6 is 0 Å². The molecule has 1 heterocycles. The first-order valence-electron chi connectivity index (χ1n) is 7.21. The molecule has 0 bridgehead atoms. The second-order valence-corrected chi connectivity index (χ2v) is 5.83. The van der Waals surface area contributed by atoms with E-state index in [-0.39, 0.29) is 11.9 Å². The van der Waals surface area contributed by atoms with Gasteiger partial charge >= 0.3 is 5.97 Å². The fourth-order valence-electron chi connectivity index (χ4n) is 3.48. The van der Waals surface area contributed by atoms with Crippen LogP contribution in [0, 0.1) is 5.92 Å². The van der Waals surface area contributed by atoms with Crippen LogP contribution in [0.25, 0.3) is 0 Å². The summed E-state index contributed by atoms with van der Waals surface area (Å²) in [5.74, 6) is -0.105. The molecule has 104 valence electrons. The number of methoxy groups -OCH3 is 1. The fraction of sp³-hybridized carbons (Fsp3) is 0.929. The van der Waals surface area contributed by atoms with Gasteiger partial charge in [-0.05, 0) is 12.8 Å². The van der Waals surface area contributed by atoms with Crippen LogP contribution in [0.15, 0.2) is 0 Å². The van der Waals surface area contributed by atoms with Gasteiger partial charge < -0.3 is 10.1 Å². The Labute approximate surface area is 110 Å². The molecule has 18 heavy (non-hydrogen) atoms. The van der Waals surface area contributed by atoms with Crippen molar-refractivity contribution in [3.63, 3.8) is 0 Å². The first kappa shape index (κ1) is 13.8. The van der Waals surface area contributed by atoms with Gasteiger partial charge in [0.1, 0.15) is 0 Å². The van der Waals surface area contributed by atoms with E-state index in [1.165, 1.54) is 39.2 Å². The molecule has 4 heteroatoms. The first-order chi connectivity index (χ1) is 8.68. The third-order valence-electron chi connectivity index (χ3n) is 4.57. The highest BCUT2D eigenvalue weighted by molar-refractivity contribution is 5.72. The largest absolute Gasteiger partial charge is 0.469 e. The lowest BCUT2D eigenvalue weighted by atomic mass is 9.78. The van der Waals surface area contributed by atoms with Gasteiger partial charge in [-0.15, -0.1) is 0 Å². The average Bonchev–Trinajstić information content (AvgIpc) is 2.41. The molecule has 0 aromatic heterocycles. The van der Waals surface area contributed by atoms with E-state index < -0.39 is 0 Å². The molecule has 1 saturated heterocycles. The van der Waals surface area contributed by atoms with E-state index in [9.17, 15) is 4.79 Å². The third kappa shape index (κ3) is 2.86. The van der Waals surface area contributed by atoms with E-state index in [2.05, 4.69) is 10.2 Å². The second kappa shape index (κ2) is 6.02. The molecular weight excluding hydrogens is 228 g/mol. The lowest BCUT2D eigenvalue weighted by Crippen LogP contribution is -2.63. The Morgan fingerprint density at radius 1 is 1.39 bits per heavy atom. The fourth-order valence-corrected chi connectivity index (χ4v) is 3.48. The van der Waals surface area contributed by atoms with Gasteiger partial charge in [0, 0.05) is 31.7 Å². The van der Waals surface area contributed by atoms with Crippen LogP contribution in [-0.2, 0) is 9.53 Å². The van der Waals surface area contributed by atoms with Gasteiger partial charge in [0.2, 0.25) is 0 Å². The van der Waals surface area contributed by atoms with Crippen LogP contribution in [0.2, 0.25) is 0 Å². The van der Waals surface area contributed by atoms with Crippen LogP contribution in [0.3, 0.4) is 0 Å². The molecule has 1 unspecified atom stereocenters. The average molecular weight is 254 g/mol. The van der Waals surface area contributed by atoms with Gasteiger partial charge in [-0.3, -0.25) is 9.69 Å². The van der Waals surface area contributed by atoms with Gasteiger partial charge in [0.05, 0.1) is 13.0 Å². The van der Waals surface area contributed by atoms with E-state index >= 15 is 0 Å². The zero-order chi connectivity index (χ0) is 13.0. The summed E-state index contributed by atoms with van der Waals surface area (Å²) in [6, 6.07) is 0. The highest BCUT2D eigenvalue weighted by Gasteiger charge is 2.40. The predicted octanol–water partition coefficient (Wildman–Crippen LogP) is 1.40. The topological polar surface area (TPSA) is 41.6 Å². The summed E-state index contributed by atoms with van der Waals surface area (Å²) in [5.41, 5.74) is 0.304. The number of ether oxygens (including phenoxy) is 1. The lowest BCUT2D eigenvalue weighted by molar-refractivity contribution is -0.146. The molecule has 2 aliphatic rings. The normalized spacial score (nSPS) is 25.9. The number of esters is 1. The van der Waals surface area contributed by atoms with Crippen molar-refractivity contribution in [3.8, 4) is 0 Å². The summed E-state index contributed by atoms with van der Waals surface area (Å²) < 4.78 is 4.85. The van der Waals surface area contributed by atoms with Crippen molar-refractivity contribution in [2.45, 2.75) is 44.6 Å². The maximum Gasteiger partial charge on any atom is 0.309 e. The number of piperazine rings is 1. The molecular formula is C14H26N2O2. The third-order valence-corrected chi connectivity index (χ3v) is 4.57. The van der Waals surface area contributed by atoms with Crippen molar-refractivity contribution >= 4 is 5.97 Å². The molecule has 0 aromatic carbocycles. The van der Waals surface area contributed by atoms with Crippen molar-refractivity contribution in [3.05, 3.63) is 0 Å². The van der Waals surface area contributed by atoms with Crippen LogP contribution in [-0.4, -0.2) is 49.7 Å². The van der Waals surface area contributed by atoms with Crippen LogP contribution in [0.5, 0.6) is 0 Å². The second-order valence-electron chi connectivity index (χ2n) is 5.83. The zero-order valence-electron chi connectivity index (χ0n) is 11.7. The first-order valence-corrected chi connectivity index (χ1v) is 7.21. The Morgan fingerprint density at radius 3 is 2.78 bits per heavy atom. The minimum absolute atomic E-state index is 0.0214. The summed E-state index contributed by atoms with van der Waals surface area (Å²) in [4.78, 5) is 14.1. The van der Waals surface area contributed by atoms with Gasteiger partial charge in [-0.25, -0.2) is 0 Å². The Hall–Kier alpha value is -0.610. The Bertz CT molecular complexity index is 279. The number of hydrogen-bond donors (Lipinski definition) is 1. The number of nitrogens with one attached hydrogen (secondary N) is 1. The van der Waals surface area contributed by atoms with E-state index in [0.29, 0.717) is 5.54 Å². The minimum Gasteiger partial charge on any atom is -0.469 e. The van der Waals surface area contributed by atoms with E-state index in [1.54, 1.807) is 0 Å². The quantitative estimate of drug-likeness (QED) is 0.773. The number of carbonyl (C=O) groups excluding carboxylic acids is 1. The van der Waals surface area contributed by atoms with E-state index in [1.807, 2.05) is 6.92 Å². The predicted molar refractivity (Wildman–Crippen MR) is 71.4 cm³/mol. The summed E-state index contributed by atoms with van der Waals surface area (Å²) >= 11 is 0. The van der Waals surface area contributed by atoms with Crippen molar-refractivity contribution < 1.29 is 9.53 Å². The minimum atomic E-state index is -0.0838. The molecule has 0 amide bonds. The maximum absolute atomic E-state index is 11.6. The van der Waals surface area contributed by atoms with Gasteiger partial charge in [0.15, 0.2) is 0 Å². The monoisotopic (exact) mass is 254 g/mol. The molecule has 1 aliphatic heterocycles. The molecule has 1 saturated carbocycles. The van der Waals surface area contributed by atoms with Gasteiger partial charge in [-0.1, -0.05) is 26.2 Å². The number of rotatable bonds is 3. The molecule has 4 nitrogen and oxygen atoms in total. The zero-order valence-corrected chi connectivity index (χ0v) is 11.7. The highest BCUT2D eigenvalue weighted by atomic mass is 16.5. The molecule has 2 fully saturated rings. The summed E-state index contributed by atoms with van der Waals surface area (Å²) in [7, 11) is 1.48. The van der Waals surface area contributed by atoms with Gasteiger partial charge in [0.25, 0.3) is 0 Å². The van der Waals surface area contributed by atoms with E-state index in [4.69, 9.17) is 4.74 Å². The standard InChI is InChI=1S/C14H26N2O2/c1-12(13(17)18-2)10-16-9-8-15-11-14(16)6-4-3-5-7-14/h12,15H,3-11H2,1-2H3. The summed E-state index contributed by atoms with van der Waals surface area (Å²) in [6.45, 7) is 6.00. The highest BCUT2D eigenvalue weighted by Crippen LogP contribution is 2.35. The Kier molecular flexibility index (Phi) is 4.62. The van der Waals surface area contributed by atoms with E-state index in [0.717, 1.165) is 26.2 Å². The van der Waals surface area contributed by atoms with Crippen LogP contribution < -0.4 is 5.32 Å². The van der Waals surface area contributed by atoms with Crippen molar-refractivity contribution in [1.29, 1.82) is 0 Å². The van der Waals surface area contributed by atoms with Crippen molar-refractivity contribution in [1.82, 2.24) is 10.2 Å². The smallest absolute Gasteiger partial charge is 0.309 e. The number of hydrogen-bond acceptors (Lipinski definition) is 4. The number of nitrogens with zero attached hydrogens (tertiary/aromatic N) is 1. The van der Waals surface area contributed by atoms with Crippen LogP contribution in [0.1, 0.15) is 39.0 Å². The molecule has 1 atom stereocenters. The summed E-state index contributed by atoms with van der Waals surface area (Å²) in [5, 5.41) is 3.53. The molecule has 2 rings (SSSR count). The Morgan fingerprint density at radius 2 is 2.11 bits per heavy atom. The molecule has 1 N–H and O–H groups in total.